The average Bonchev–Trinajstić information content (AvgIpc) is 2.16. The number of nitriles is 3. The van der Waals surface area contributed by atoms with Crippen molar-refractivity contribution in [2.45, 2.75) is 0 Å². The molecule has 0 aliphatic carbocycles. The minimum atomic E-state index is -3.34. The summed E-state index contributed by atoms with van der Waals surface area (Å²) < 4.78 is 7.43. The van der Waals surface area contributed by atoms with Crippen LogP contribution in [0.5, 0.6) is 0 Å². The summed E-state index contributed by atoms with van der Waals surface area (Å²) in [6.07, 6.45) is 0. The SMILES string of the molecule is N#C[Si]1(Cl)NS(Cl)(C#N)NS(Cl)(C#N)N1. The Morgan fingerprint density at radius 3 is 1.67 bits per heavy atom. The highest BCUT2D eigenvalue weighted by atomic mass is 35.7. The summed E-state index contributed by atoms with van der Waals surface area (Å²) in [5, 5.41) is 29.9. The molecule has 1 saturated heterocycles. The summed E-state index contributed by atoms with van der Waals surface area (Å²) in [7, 11) is 2.89. The number of hydrogen-bond acceptors (Lipinski definition) is 6. The molecule has 82 valence electrons. The van der Waals surface area contributed by atoms with E-state index < -0.39 is 26.9 Å². The zero-order valence-electron chi connectivity index (χ0n) is 6.79. The fourth-order valence-electron chi connectivity index (χ4n) is 0.737. The maximum atomic E-state index is 8.82. The molecule has 1 aliphatic heterocycles. The average molecular weight is 322 g/mol. The number of thiocyanates is 2. The Kier molecular flexibility index (Phi) is 3.69. The van der Waals surface area contributed by atoms with Crippen LogP contribution in [0.25, 0.3) is 0 Å². The van der Waals surface area contributed by atoms with E-state index >= 15 is 0 Å². The van der Waals surface area contributed by atoms with E-state index in [1.807, 2.05) is 0 Å². The second-order valence-corrected chi connectivity index (χ2v) is 13.1. The van der Waals surface area contributed by atoms with Gasteiger partial charge in [-0.05, 0) is 21.4 Å². The van der Waals surface area contributed by atoms with Crippen LogP contribution in [0.4, 0.5) is 0 Å². The molecule has 0 radical (unpaired) electrons. The van der Waals surface area contributed by atoms with Crippen LogP contribution in [0.2, 0.25) is 0 Å². The van der Waals surface area contributed by atoms with Crippen molar-refractivity contribution < 1.29 is 0 Å². The molecule has 0 amide bonds. The number of nitrogens with one attached hydrogen (secondary N) is 3. The first-order chi connectivity index (χ1) is 6.80. The standard InChI is InChI=1S/C3H3Cl3N6S2Si/c4-13(1-7)10-14(5,2-8)12-15(6,3-9)11-13/h10-12H. The van der Waals surface area contributed by atoms with Crippen molar-refractivity contribution in [1.29, 1.82) is 15.8 Å². The molecule has 1 heterocycles. The molecular formula is C3H3Cl3N6S2Si. The fraction of sp³-hybridized carbons (Fsp3) is 0. The molecular weight excluding hydrogens is 319 g/mol. The summed E-state index contributed by atoms with van der Waals surface area (Å²) >= 11 is 5.87. The van der Waals surface area contributed by atoms with Gasteiger partial charge in [-0.3, -0.25) is 0 Å². The van der Waals surface area contributed by atoms with Crippen LogP contribution in [0.3, 0.4) is 0 Å². The topological polar surface area (TPSA) is 107 Å². The molecule has 15 heavy (non-hydrogen) atoms. The first-order valence-corrected chi connectivity index (χ1v) is 11.1. The summed E-state index contributed by atoms with van der Waals surface area (Å²) in [5.41, 5.74) is 1.77. The second-order valence-electron chi connectivity index (χ2n) is 2.32. The molecule has 6 nitrogen and oxygen atoms in total. The van der Waals surface area contributed by atoms with E-state index in [4.69, 9.17) is 48.2 Å². The van der Waals surface area contributed by atoms with E-state index in [2.05, 4.69) is 12.9 Å². The fourth-order valence-corrected chi connectivity index (χ4v) is 14.6. The number of nitrogens with zero attached hydrogens (tertiary/aromatic N) is 3. The van der Waals surface area contributed by atoms with Gasteiger partial charge in [0, 0.05) is 19.2 Å². The minimum Gasteiger partial charge on any atom is -0.228 e. The van der Waals surface area contributed by atoms with Gasteiger partial charge in [-0.25, -0.2) is 14.0 Å². The van der Waals surface area contributed by atoms with Crippen LogP contribution in [-0.2, 0) is 0 Å². The van der Waals surface area contributed by atoms with Crippen molar-refractivity contribution in [3.05, 3.63) is 0 Å². The van der Waals surface area contributed by atoms with Crippen molar-refractivity contribution in [3.63, 3.8) is 0 Å². The van der Waals surface area contributed by atoms with Crippen molar-refractivity contribution in [2.75, 3.05) is 0 Å². The van der Waals surface area contributed by atoms with Gasteiger partial charge in [-0.15, -0.1) is 11.1 Å². The molecule has 0 bridgehead atoms. The van der Waals surface area contributed by atoms with Crippen LogP contribution in [0, 0.1) is 32.3 Å². The normalized spacial score (nSPS) is 53.3. The minimum absolute atomic E-state index is 1.73. The summed E-state index contributed by atoms with van der Waals surface area (Å²) in [5.74, 6) is 0. The smallest absolute Gasteiger partial charge is 0.228 e. The summed E-state index contributed by atoms with van der Waals surface area (Å²) in [6, 6.07) is 0. The summed E-state index contributed by atoms with van der Waals surface area (Å²) in [4.78, 5) is 0. The van der Waals surface area contributed by atoms with Crippen LogP contribution >= 0.6 is 51.7 Å². The van der Waals surface area contributed by atoms with Gasteiger partial charge in [0.15, 0.2) is 10.8 Å². The third-order valence-electron chi connectivity index (χ3n) is 1.20. The Bertz CT molecular complexity index is 342. The lowest BCUT2D eigenvalue weighted by atomic mass is 11.8. The molecule has 0 aromatic rings. The number of rotatable bonds is 0. The van der Waals surface area contributed by atoms with Gasteiger partial charge < -0.3 is 0 Å². The molecule has 2 atom stereocenters. The van der Waals surface area contributed by atoms with E-state index in [0.29, 0.717) is 0 Å². The highest BCUT2D eigenvalue weighted by Gasteiger charge is 2.52. The zero-order chi connectivity index (χ0) is 11.7. The van der Waals surface area contributed by atoms with Gasteiger partial charge in [0.1, 0.15) is 0 Å². The molecule has 1 fully saturated rings. The van der Waals surface area contributed by atoms with Gasteiger partial charge in [-0.1, -0.05) is 0 Å². The predicted molar refractivity (Wildman–Crippen MR) is 64.7 cm³/mol. The quantitative estimate of drug-likeness (QED) is 0.355. The van der Waals surface area contributed by atoms with E-state index in [1.54, 1.807) is 16.5 Å². The highest BCUT2D eigenvalue weighted by molar-refractivity contribution is 8.65. The lowest BCUT2D eigenvalue weighted by molar-refractivity contribution is 1.31. The van der Waals surface area contributed by atoms with Crippen LogP contribution in [0.1, 0.15) is 0 Å². The molecule has 1 rings (SSSR count). The molecule has 0 spiro atoms. The van der Waals surface area contributed by atoms with Crippen molar-refractivity contribution in [2.24, 2.45) is 0 Å². The first kappa shape index (κ1) is 13.2. The third kappa shape index (κ3) is 2.83. The summed E-state index contributed by atoms with van der Waals surface area (Å²) in [6.45, 7) is 0. The molecule has 12 heteroatoms. The van der Waals surface area contributed by atoms with Crippen LogP contribution < -0.4 is 12.9 Å². The maximum Gasteiger partial charge on any atom is 0.437 e. The van der Waals surface area contributed by atoms with Crippen molar-refractivity contribution >= 4 is 59.4 Å². The lowest BCUT2D eigenvalue weighted by Crippen LogP contribution is -2.64. The Morgan fingerprint density at radius 2 is 1.40 bits per heavy atom. The Labute approximate surface area is 104 Å². The molecule has 0 saturated carbocycles. The third-order valence-corrected chi connectivity index (χ3v) is 12.9. The molecule has 2 unspecified atom stereocenters. The number of hydrogen-bond donors (Lipinski definition) is 3. The number of halogens is 3. The van der Waals surface area contributed by atoms with Crippen molar-refractivity contribution in [3.8, 4) is 16.5 Å². The van der Waals surface area contributed by atoms with Gasteiger partial charge in [0.2, 0.25) is 0 Å². The van der Waals surface area contributed by atoms with E-state index in [-0.39, 0.29) is 0 Å². The second kappa shape index (κ2) is 4.19. The van der Waals surface area contributed by atoms with Gasteiger partial charge >= 0.3 is 7.71 Å². The Morgan fingerprint density at radius 1 is 1.00 bits per heavy atom. The predicted octanol–water partition coefficient (Wildman–Crippen LogP) is 1.55. The molecule has 0 aromatic carbocycles. The molecule has 1 aliphatic rings. The monoisotopic (exact) mass is 320 g/mol. The van der Waals surface area contributed by atoms with Gasteiger partial charge in [-0.2, -0.15) is 14.7 Å². The largest absolute Gasteiger partial charge is 0.437 e. The lowest BCUT2D eigenvalue weighted by Gasteiger charge is -2.45. The van der Waals surface area contributed by atoms with E-state index in [1.165, 1.54) is 0 Å². The zero-order valence-corrected chi connectivity index (χ0v) is 11.7. The highest BCUT2D eigenvalue weighted by Crippen LogP contribution is 2.61. The van der Waals surface area contributed by atoms with Crippen molar-refractivity contribution in [1.82, 2.24) is 12.9 Å². The molecule has 0 aromatic heterocycles. The Balaban J connectivity index is 3.13. The van der Waals surface area contributed by atoms with Gasteiger partial charge in [0.25, 0.3) is 0 Å². The van der Waals surface area contributed by atoms with E-state index in [9.17, 15) is 0 Å². The maximum absolute atomic E-state index is 8.82. The van der Waals surface area contributed by atoms with Crippen LogP contribution in [-0.4, -0.2) is 7.71 Å². The molecule has 3 N–H and O–H groups in total. The van der Waals surface area contributed by atoms with Crippen LogP contribution in [0.15, 0.2) is 0 Å². The Hall–Kier alpha value is 0.137. The van der Waals surface area contributed by atoms with E-state index in [0.717, 1.165) is 0 Å². The first-order valence-electron chi connectivity index (χ1n) is 3.14. The van der Waals surface area contributed by atoms with Gasteiger partial charge in [0.05, 0.1) is 5.69 Å².